The third-order valence-corrected chi connectivity index (χ3v) is 2.95. The smallest absolute Gasteiger partial charge is 0.237 e. The second-order valence-electron chi connectivity index (χ2n) is 5.91. The van der Waals surface area contributed by atoms with Gasteiger partial charge in [-0.05, 0) is 38.8 Å². The first kappa shape index (κ1) is 13.6. The molecule has 0 fully saturated rings. The molecule has 1 atom stereocenters. The maximum atomic E-state index is 12.0. The van der Waals surface area contributed by atoms with Crippen molar-refractivity contribution in [3.8, 4) is 0 Å². The monoisotopic (exact) mass is 259 g/mol. The molecule has 1 aromatic carbocycles. The molecule has 4 nitrogen and oxygen atoms in total. The Bertz CT molecular complexity index is 580. The molecule has 0 unspecified atom stereocenters. The van der Waals surface area contributed by atoms with Gasteiger partial charge in [-0.25, -0.2) is 0 Å². The molecule has 0 radical (unpaired) electrons. The number of H-pyrrole nitrogens is 1. The highest BCUT2D eigenvalue weighted by Crippen LogP contribution is 2.18. The summed E-state index contributed by atoms with van der Waals surface area (Å²) in [6.07, 6.45) is 2.46. The van der Waals surface area contributed by atoms with Gasteiger partial charge in [-0.15, -0.1) is 0 Å². The fourth-order valence-corrected chi connectivity index (χ4v) is 2.09. The number of para-hydroxylation sites is 1. The molecule has 2 aromatic rings. The maximum Gasteiger partial charge on any atom is 0.237 e. The minimum atomic E-state index is -0.529. The third kappa shape index (κ3) is 3.35. The lowest BCUT2D eigenvalue weighted by atomic mass is 10.0. The predicted molar refractivity (Wildman–Crippen MR) is 77.9 cm³/mol. The third-order valence-electron chi connectivity index (χ3n) is 2.95. The second kappa shape index (κ2) is 5.05. The summed E-state index contributed by atoms with van der Waals surface area (Å²) in [5.41, 5.74) is 7.87. The van der Waals surface area contributed by atoms with Gasteiger partial charge in [0.15, 0.2) is 0 Å². The highest BCUT2D eigenvalue weighted by molar-refractivity contribution is 5.86. The standard InChI is InChI=1S/C15H21N3O/c1-15(2,3)18-14(19)12(16)8-10-9-17-13-7-5-4-6-11(10)13/h4-7,9,12,17H,8,16H2,1-3H3,(H,18,19)/t12-/m0/s1. The molecule has 0 aliphatic carbocycles. The number of fused-ring (bicyclic) bond motifs is 1. The largest absolute Gasteiger partial charge is 0.361 e. The molecule has 4 N–H and O–H groups in total. The van der Waals surface area contributed by atoms with Crippen LogP contribution in [0.25, 0.3) is 10.9 Å². The average Bonchev–Trinajstić information content (AvgIpc) is 2.70. The zero-order valence-electron chi connectivity index (χ0n) is 11.7. The van der Waals surface area contributed by atoms with Gasteiger partial charge in [-0.2, -0.15) is 0 Å². The first-order chi connectivity index (χ1) is 8.87. The van der Waals surface area contributed by atoms with Crippen LogP contribution in [0.4, 0.5) is 0 Å². The van der Waals surface area contributed by atoms with Gasteiger partial charge in [0.05, 0.1) is 6.04 Å². The topological polar surface area (TPSA) is 70.9 Å². The molecule has 0 saturated heterocycles. The van der Waals surface area contributed by atoms with E-state index in [2.05, 4.69) is 10.3 Å². The maximum absolute atomic E-state index is 12.0. The van der Waals surface area contributed by atoms with Crippen LogP contribution in [0.15, 0.2) is 30.5 Å². The van der Waals surface area contributed by atoms with E-state index < -0.39 is 6.04 Å². The molecule has 0 aliphatic heterocycles. The van der Waals surface area contributed by atoms with Crippen LogP contribution in [-0.4, -0.2) is 22.5 Å². The zero-order valence-corrected chi connectivity index (χ0v) is 11.7. The van der Waals surface area contributed by atoms with E-state index in [0.29, 0.717) is 6.42 Å². The second-order valence-corrected chi connectivity index (χ2v) is 5.91. The number of hydrogen-bond acceptors (Lipinski definition) is 2. The van der Waals surface area contributed by atoms with E-state index in [9.17, 15) is 4.79 Å². The molecule has 0 spiro atoms. The summed E-state index contributed by atoms with van der Waals surface area (Å²) in [5, 5.41) is 4.03. The van der Waals surface area contributed by atoms with Crippen molar-refractivity contribution in [3.05, 3.63) is 36.0 Å². The minimum absolute atomic E-state index is 0.113. The van der Waals surface area contributed by atoms with Crippen molar-refractivity contribution >= 4 is 16.8 Å². The number of benzene rings is 1. The summed E-state index contributed by atoms with van der Waals surface area (Å²) in [4.78, 5) is 15.2. The van der Waals surface area contributed by atoms with Gasteiger partial charge in [0, 0.05) is 22.6 Å². The molecule has 2 rings (SSSR count). The van der Waals surface area contributed by atoms with Gasteiger partial charge in [-0.1, -0.05) is 18.2 Å². The molecule has 102 valence electrons. The van der Waals surface area contributed by atoms with Gasteiger partial charge in [0.25, 0.3) is 0 Å². The van der Waals surface area contributed by atoms with Crippen molar-refractivity contribution in [1.29, 1.82) is 0 Å². The zero-order chi connectivity index (χ0) is 14.0. The molecule has 19 heavy (non-hydrogen) atoms. The van der Waals surface area contributed by atoms with Gasteiger partial charge in [0.1, 0.15) is 0 Å². The molecule has 1 heterocycles. The number of carbonyl (C=O) groups excluding carboxylic acids is 1. The molecule has 0 saturated carbocycles. The van der Waals surface area contributed by atoms with Crippen LogP contribution in [0.5, 0.6) is 0 Å². The van der Waals surface area contributed by atoms with Crippen LogP contribution in [0, 0.1) is 0 Å². The molecular formula is C15H21N3O. The lowest BCUT2D eigenvalue weighted by Crippen LogP contribution is -2.49. The Hall–Kier alpha value is -1.81. The summed E-state index contributed by atoms with van der Waals surface area (Å²) in [6.45, 7) is 5.84. The number of amides is 1. The molecule has 1 amide bonds. The number of aromatic amines is 1. The lowest BCUT2D eigenvalue weighted by Gasteiger charge is -2.23. The van der Waals surface area contributed by atoms with E-state index >= 15 is 0 Å². The molecule has 0 bridgehead atoms. The van der Waals surface area contributed by atoms with Gasteiger partial charge in [0.2, 0.25) is 5.91 Å². The van der Waals surface area contributed by atoms with E-state index in [0.717, 1.165) is 16.5 Å². The molecule has 4 heteroatoms. The fraction of sp³-hybridized carbons (Fsp3) is 0.400. The number of nitrogens with one attached hydrogen (secondary N) is 2. The van der Waals surface area contributed by atoms with Crippen LogP contribution in [0.3, 0.4) is 0 Å². The Morgan fingerprint density at radius 3 is 2.74 bits per heavy atom. The van der Waals surface area contributed by atoms with Crippen LogP contribution < -0.4 is 11.1 Å². The van der Waals surface area contributed by atoms with Crippen LogP contribution in [0.1, 0.15) is 26.3 Å². The summed E-state index contributed by atoms with van der Waals surface area (Å²) >= 11 is 0. The van der Waals surface area contributed by atoms with E-state index in [4.69, 9.17) is 5.73 Å². The first-order valence-corrected chi connectivity index (χ1v) is 6.49. The quantitative estimate of drug-likeness (QED) is 0.788. The van der Waals surface area contributed by atoms with Crippen LogP contribution in [-0.2, 0) is 11.2 Å². The van der Waals surface area contributed by atoms with Crippen molar-refractivity contribution in [3.63, 3.8) is 0 Å². The van der Waals surface area contributed by atoms with Gasteiger partial charge >= 0.3 is 0 Å². The van der Waals surface area contributed by atoms with E-state index in [1.807, 2.05) is 51.2 Å². The van der Waals surface area contributed by atoms with Gasteiger partial charge in [-0.3, -0.25) is 4.79 Å². The molecule has 1 aromatic heterocycles. The SMILES string of the molecule is CC(C)(C)NC(=O)[C@@H](N)Cc1c[nH]c2ccccc12. The van der Waals surface area contributed by atoms with Crippen molar-refractivity contribution in [2.24, 2.45) is 5.73 Å². The highest BCUT2D eigenvalue weighted by atomic mass is 16.2. The van der Waals surface area contributed by atoms with E-state index in [1.165, 1.54) is 0 Å². The Morgan fingerprint density at radius 2 is 2.05 bits per heavy atom. The fourth-order valence-electron chi connectivity index (χ4n) is 2.09. The predicted octanol–water partition coefficient (Wildman–Crippen LogP) is 1.95. The Kier molecular flexibility index (Phi) is 3.62. The highest BCUT2D eigenvalue weighted by Gasteiger charge is 2.20. The van der Waals surface area contributed by atoms with Crippen molar-refractivity contribution in [2.45, 2.75) is 38.8 Å². The van der Waals surface area contributed by atoms with Crippen molar-refractivity contribution < 1.29 is 4.79 Å². The molecule has 0 aliphatic rings. The summed E-state index contributed by atoms with van der Waals surface area (Å²) in [6, 6.07) is 7.49. The average molecular weight is 259 g/mol. The van der Waals surface area contributed by atoms with Crippen molar-refractivity contribution in [1.82, 2.24) is 10.3 Å². The number of nitrogens with two attached hydrogens (primary N) is 1. The summed E-state index contributed by atoms with van der Waals surface area (Å²) in [5.74, 6) is -0.113. The van der Waals surface area contributed by atoms with Gasteiger partial charge < -0.3 is 16.0 Å². The number of carbonyl (C=O) groups is 1. The Balaban J connectivity index is 2.10. The van der Waals surface area contributed by atoms with Crippen LogP contribution >= 0.6 is 0 Å². The van der Waals surface area contributed by atoms with Crippen LogP contribution in [0.2, 0.25) is 0 Å². The number of aromatic nitrogens is 1. The number of hydrogen-bond donors (Lipinski definition) is 3. The Morgan fingerprint density at radius 1 is 1.37 bits per heavy atom. The van der Waals surface area contributed by atoms with E-state index in [-0.39, 0.29) is 11.4 Å². The Labute approximate surface area is 113 Å². The number of rotatable bonds is 3. The first-order valence-electron chi connectivity index (χ1n) is 6.49. The normalized spacial score (nSPS) is 13.5. The summed E-state index contributed by atoms with van der Waals surface area (Å²) in [7, 11) is 0. The minimum Gasteiger partial charge on any atom is -0.361 e. The molecular weight excluding hydrogens is 238 g/mol. The van der Waals surface area contributed by atoms with Crippen molar-refractivity contribution in [2.75, 3.05) is 0 Å². The van der Waals surface area contributed by atoms with E-state index in [1.54, 1.807) is 0 Å². The lowest BCUT2D eigenvalue weighted by molar-refractivity contribution is -0.123. The summed E-state index contributed by atoms with van der Waals surface area (Å²) < 4.78 is 0.